The zero-order valence-electron chi connectivity index (χ0n) is 10.4. The molecule has 1 aliphatic heterocycles. The number of anilines is 2. The van der Waals surface area contributed by atoms with Gasteiger partial charge in [0.1, 0.15) is 0 Å². The number of nitrogens with zero attached hydrogens (tertiary/aromatic N) is 1. The predicted molar refractivity (Wildman–Crippen MR) is 70.6 cm³/mol. The third-order valence-electron chi connectivity index (χ3n) is 3.05. The second-order valence-electron chi connectivity index (χ2n) is 5.29. The van der Waals surface area contributed by atoms with Crippen molar-refractivity contribution in [3.63, 3.8) is 0 Å². The van der Waals surface area contributed by atoms with Crippen LogP contribution >= 0.6 is 0 Å². The maximum atomic E-state index is 12.4. The van der Waals surface area contributed by atoms with Gasteiger partial charge in [-0.15, -0.1) is 0 Å². The van der Waals surface area contributed by atoms with Crippen LogP contribution in [0.25, 0.3) is 0 Å². The minimum Gasteiger partial charge on any atom is -0.397 e. The van der Waals surface area contributed by atoms with Crippen molar-refractivity contribution >= 4 is 21.4 Å². The van der Waals surface area contributed by atoms with E-state index >= 15 is 0 Å². The van der Waals surface area contributed by atoms with Crippen molar-refractivity contribution in [2.75, 3.05) is 16.6 Å². The molecular formula is C12H18N2O2S. The first-order valence-corrected chi connectivity index (χ1v) is 7.09. The van der Waals surface area contributed by atoms with Gasteiger partial charge in [-0.05, 0) is 38.8 Å². The molecule has 5 heteroatoms. The van der Waals surface area contributed by atoms with Crippen LogP contribution in [0.3, 0.4) is 0 Å². The quantitative estimate of drug-likeness (QED) is 0.777. The van der Waals surface area contributed by atoms with Gasteiger partial charge in [0.2, 0.25) is 10.0 Å². The molecule has 0 saturated carbocycles. The van der Waals surface area contributed by atoms with E-state index in [9.17, 15) is 8.42 Å². The fraction of sp³-hybridized carbons (Fsp3) is 0.500. The van der Waals surface area contributed by atoms with Gasteiger partial charge in [-0.1, -0.05) is 12.1 Å². The molecule has 4 nitrogen and oxygen atoms in total. The van der Waals surface area contributed by atoms with E-state index in [0.717, 1.165) is 12.0 Å². The van der Waals surface area contributed by atoms with Gasteiger partial charge in [0, 0.05) is 6.54 Å². The summed E-state index contributed by atoms with van der Waals surface area (Å²) in [4.78, 5) is 0. The number of fused-ring (bicyclic) bond motifs is 1. The molecule has 2 N–H and O–H groups in total. The van der Waals surface area contributed by atoms with E-state index in [0.29, 0.717) is 17.9 Å². The van der Waals surface area contributed by atoms with Crippen molar-refractivity contribution in [1.82, 2.24) is 0 Å². The van der Waals surface area contributed by atoms with Gasteiger partial charge in [-0.3, -0.25) is 4.31 Å². The summed E-state index contributed by atoms with van der Waals surface area (Å²) in [6.07, 6.45) is 0.732. The second kappa shape index (κ2) is 3.63. The van der Waals surface area contributed by atoms with Crippen LogP contribution in [-0.2, 0) is 16.4 Å². The predicted octanol–water partition coefficient (Wildman–Crippen LogP) is 1.76. The Morgan fingerprint density at radius 2 is 1.94 bits per heavy atom. The molecule has 0 radical (unpaired) electrons. The summed E-state index contributed by atoms with van der Waals surface area (Å²) in [5.74, 6) is 0. The zero-order valence-corrected chi connectivity index (χ0v) is 11.2. The molecule has 1 aromatic rings. The molecule has 0 aliphatic carbocycles. The molecule has 0 saturated heterocycles. The molecular weight excluding hydrogens is 236 g/mol. The fourth-order valence-electron chi connectivity index (χ4n) is 2.02. The van der Waals surface area contributed by atoms with Gasteiger partial charge in [0.25, 0.3) is 0 Å². The van der Waals surface area contributed by atoms with E-state index < -0.39 is 14.8 Å². The number of benzene rings is 1. The first-order chi connectivity index (χ1) is 7.75. The molecule has 1 aliphatic rings. The van der Waals surface area contributed by atoms with E-state index in [4.69, 9.17) is 5.73 Å². The van der Waals surface area contributed by atoms with Gasteiger partial charge >= 0.3 is 0 Å². The summed E-state index contributed by atoms with van der Waals surface area (Å²) in [5, 5.41) is 0. The number of hydrogen-bond acceptors (Lipinski definition) is 3. The van der Waals surface area contributed by atoms with E-state index in [1.807, 2.05) is 12.1 Å². The molecule has 0 spiro atoms. The minimum absolute atomic E-state index is 0.489. The Hall–Kier alpha value is -1.23. The highest BCUT2D eigenvalue weighted by Crippen LogP contribution is 2.38. The standard InChI is InChI=1S/C12H18N2O2S/c1-12(2,3)17(15,16)14-8-7-9-5-4-6-10(13)11(9)14/h4-6H,7-8,13H2,1-3H3. The summed E-state index contributed by atoms with van der Waals surface area (Å²) in [6, 6.07) is 5.54. The summed E-state index contributed by atoms with van der Waals surface area (Å²) in [7, 11) is -3.36. The van der Waals surface area contributed by atoms with E-state index in [-0.39, 0.29) is 0 Å². The third kappa shape index (κ3) is 1.78. The Morgan fingerprint density at radius 3 is 2.53 bits per heavy atom. The maximum Gasteiger partial charge on any atom is 0.240 e. The Bertz CT molecular complexity index is 544. The lowest BCUT2D eigenvalue weighted by Gasteiger charge is -2.29. The molecule has 1 heterocycles. The molecule has 0 unspecified atom stereocenters. The Balaban J connectivity index is 2.56. The lowest BCUT2D eigenvalue weighted by atomic mass is 10.1. The monoisotopic (exact) mass is 254 g/mol. The SMILES string of the molecule is CC(C)(C)S(=O)(=O)N1CCc2cccc(N)c21. The van der Waals surface area contributed by atoms with Crippen molar-refractivity contribution in [3.05, 3.63) is 23.8 Å². The zero-order chi connectivity index (χ0) is 12.8. The highest BCUT2D eigenvalue weighted by atomic mass is 32.2. The molecule has 0 bridgehead atoms. The number of para-hydroxylation sites is 1. The Kier molecular flexibility index (Phi) is 2.61. The van der Waals surface area contributed by atoms with Gasteiger partial charge in [-0.2, -0.15) is 0 Å². The molecule has 2 rings (SSSR count). The fourth-order valence-corrected chi connectivity index (χ4v) is 3.48. The number of hydrogen-bond donors (Lipinski definition) is 1. The van der Waals surface area contributed by atoms with Gasteiger partial charge in [0.05, 0.1) is 16.1 Å². The van der Waals surface area contributed by atoms with Gasteiger partial charge < -0.3 is 5.73 Å². The average Bonchev–Trinajstić information content (AvgIpc) is 2.61. The van der Waals surface area contributed by atoms with Crippen LogP contribution in [0, 0.1) is 0 Å². The van der Waals surface area contributed by atoms with Crippen molar-refractivity contribution in [1.29, 1.82) is 0 Å². The molecule has 0 atom stereocenters. The third-order valence-corrected chi connectivity index (χ3v) is 5.54. The summed E-state index contributed by atoms with van der Waals surface area (Å²) >= 11 is 0. The first-order valence-electron chi connectivity index (χ1n) is 5.65. The maximum absolute atomic E-state index is 12.4. The second-order valence-corrected chi connectivity index (χ2v) is 7.91. The molecule has 0 aromatic heterocycles. The minimum atomic E-state index is -3.36. The molecule has 0 fully saturated rings. The number of nitrogen functional groups attached to an aromatic ring is 1. The van der Waals surface area contributed by atoms with E-state index in [1.165, 1.54) is 4.31 Å². The Labute approximate surface area is 102 Å². The van der Waals surface area contributed by atoms with Crippen molar-refractivity contribution in [2.24, 2.45) is 0 Å². The lowest BCUT2D eigenvalue weighted by Crippen LogP contribution is -2.42. The van der Waals surface area contributed by atoms with Crippen LogP contribution in [0.1, 0.15) is 26.3 Å². The molecule has 0 amide bonds. The highest BCUT2D eigenvalue weighted by molar-refractivity contribution is 7.94. The summed E-state index contributed by atoms with van der Waals surface area (Å²) < 4.78 is 25.5. The smallest absolute Gasteiger partial charge is 0.240 e. The number of sulfonamides is 1. The molecule has 1 aromatic carbocycles. The van der Waals surface area contributed by atoms with Crippen LogP contribution in [0.4, 0.5) is 11.4 Å². The van der Waals surface area contributed by atoms with E-state index in [1.54, 1.807) is 26.8 Å². The average molecular weight is 254 g/mol. The van der Waals surface area contributed by atoms with Crippen molar-refractivity contribution < 1.29 is 8.42 Å². The first kappa shape index (κ1) is 12.2. The summed E-state index contributed by atoms with van der Waals surface area (Å²) in [5.41, 5.74) is 8.11. The van der Waals surface area contributed by atoms with Crippen molar-refractivity contribution in [3.8, 4) is 0 Å². The topological polar surface area (TPSA) is 63.4 Å². The number of nitrogens with two attached hydrogens (primary N) is 1. The van der Waals surface area contributed by atoms with Crippen LogP contribution in [0.2, 0.25) is 0 Å². The largest absolute Gasteiger partial charge is 0.397 e. The van der Waals surface area contributed by atoms with Crippen molar-refractivity contribution in [2.45, 2.75) is 31.9 Å². The highest BCUT2D eigenvalue weighted by Gasteiger charge is 2.39. The number of rotatable bonds is 1. The van der Waals surface area contributed by atoms with Gasteiger partial charge in [-0.25, -0.2) is 8.42 Å². The normalized spacial score (nSPS) is 16.1. The summed E-state index contributed by atoms with van der Waals surface area (Å²) in [6.45, 7) is 5.61. The van der Waals surface area contributed by atoms with Crippen LogP contribution in [0.5, 0.6) is 0 Å². The molecule has 94 valence electrons. The molecule has 17 heavy (non-hydrogen) atoms. The van der Waals surface area contributed by atoms with E-state index in [2.05, 4.69) is 0 Å². The van der Waals surface area contributed by atoms with Crippen LogP contribution < -0.4 is 10.0 Å². The van der Waals surface area contributed by atoms with Crippen LogP contribution in [-0.4, -0.2) is 19.7 Å². The van der Waals surface area contributed by atoms with Crippen LogP contribution in [0.15, 0.2) is 18.2 Å². The van der Waals surface area contributed by atoms with Gasteiger partial charge in [0.15, 0.2) is 0 Å². The Morgan fingerprint density at radius 1 is 1.29 bits per heavy atom. The lowest BCUT2D eigenvalue weighted by molar-refractivity contribution is 0.556.